The molecule has 188 valence electrons. The van der Waals surface area contributed by atoms with Gasteiger partial charge in [0.15, 0.2) is 0 Å². The fraction of sp³-hybridized carbons (Fsp3) is 0.407. The lowest BCUT2D eigenvalue weighted by Crippen LogP contribution is -2.44. The van der Waals surface area contributed by atoms with Crippen LogP contribution in [-0.2, 0) is 12.0 Å². The number of fused-ring (bicyclic) bond motifs is 1. The van der Waals surface area contributed by atoms with Gasteiger partial charge in [-0.3, -0.25) is 4.99 Å². The number of nitrogens with one attached hydrogen (secondary N) is 2. The van der Waals surface area contributed by atoms with Crippen LogP contribution in [0.4, 0.5) is 29.0 Å². The molecule has 0 bridgehead atoms. The van der Waals surface area contributed by atoms with Gasteiger partial charge in [0.05, 0.1) is 11.3 Å². The van der Waals surface area contributed by atoms with E-state index in [9.17, 15) is 5.11 Å². The summed E-state index contributed by atoms with van der Waals surface area (Å²) in [5.41, 5.74) is 3.89. The van der Waals surface area contributed by atoms with E-state index in [-0.39, 0.29) is 0 Å². The Labute approximate surface area is 212 Å². The number of nitrogens with zero attached hydrogens (tertiary/aromatic N) is 6. The molecule has 1 fully saturated rings. The lowest BCUT2D eigenvalue weighted by molar-refractivity contribution is 0.0307. The van der Waals surface area contributed by atoms with Gasteiger partial charge in [-0.15, -0.1) is 0 Å². The molecule has 1 aromatic carbocycles. The molecule has 0 spiro atoms. The highest BCUT2D eigenvalue weighted by atomic mass is 16.3. The summed E-state index contributed by atoms with van der Waals surface area (Å²) in [6.07, 6.45) is 5.64. The fourth-order valence-electron chi connectivity index (χ4n) is 4.82. The van der Waals surface area contributed by atoms with Crippen molar-refractivity contribution in [3.8, 4) is 0 Å². The molecule has 1 unspecified atom stereocenters. The smallest absolute Gasteiger partial charge is 0.229 e. The number of benzene rings is 1. The number of aliphatic hydroxyl groups is 1. The van der Waals surface area contributed by atoms with Crippen molar-refractivity contribution in [2.75, 3.05) is 55.8 Å². The zero-order valence-electron chi connectivity index (χ0n) is 21.2. The van der Waals surface area contributed by atoms with Crippen LogP contribution in [0.2, 0.25) is 0 Å². The highest BCUT2D eigenvalue weighted by Gasteiger charge is 2.36. The maximum Gasteiger partial charge on any atom is 0.229 e. The molecule has 3 N–H and O–H groups in total. The van der Waals surface area contributed by atoms with Crippen molar-refractivity contribution >= 4 is 35.2 Å². The van der Waals surface area contributed by atoms with E-state index < -0.39 is 5.60 Å². The molecule has 2 aromatic heterocycles. The Morgan fingerprint density at radius 3 is 2.56 bits per heavy atom. The minimum atomic E-state index is -0.866. The van der Waals surface area contributed by atoms with Gasteiger partial charge in [-0.05, 0) is 62.2 Å². The third-order valence-electron chi connectivity index (χ3n) is 7.14. The molecule has 3 heterocycles. The maximum absolute atomic E-state index is 11.0. The third-order valence-corrected chi connectivity index (χ3v) is 7.14. The average molecular weight is 487 g/mol. The minimum absolute atomic E-state index is 0.476. The van der Waals surface area contributed by atoms with Crippen molar-refractivity contribution in [2.24, 2.45) is 4.99 Å². The summed E-state index contributed by atoms with van der Waals surface area (Å²) in [5, 5.41) is 17.6. The number of piperazine rings is 1. The largest absolute Gasteiger partial charge is 0.384 e. The number of anilines is 5. The van der Waals surface area contributed by atoms with Gasteiger partial charge in [0.1, 0.15) is 17.2 Å². The standard InChI is InChI=1S/C27H34N8O/c1-4-27(36)12-11-19-5-10-23(31-24(19)27)32-25-20(17-28-2)18-29-26(33-25)30-21-6-8-22(9-7-21)35-15-13-34(3)14-16-35/h5-10,17-18,36H,4,11-16H2,1-3H3,(H2,29,30,31,32,33)/b28-17+. The van der Waals surface area contributed by atoms with Crippen LogP contribution in [0.3, 0.4) is 0 Å². The Kier molecular flexibility index (Phi) is 6.84. The van der Waals surface area contributed by atoms with Gasteiger partial charge in [0, 0.05) is 57.0 Å². The van der Waals surface area contributed by atoms with Gasteiger partial charge in [-0.25, -0.2) is 9.97 Å². The van der Waals surface area contributed by atoms with E-state index in [0.717, 1.165) is 55.1 Å². The van der Waals surface area contributed by atoms with Crippen LogP contribution in [0, 0.1) is 0 Å². The summed E-state index contributed by atoms with van der Waals surface area (Å²) in [6, 6.07) is 12.3. The third kappa shape index (κ3) is 5.03. The zero-order chi connectivity index (χ0) is 25.1. The van der Waals surface area contributed by atoms with Crippen LogP contribution >= 0.6 is 0 Å². The van der Waals surface area contributed by atoms with E-state index in [4.69, 9.17) is 9.97 Å². The summed E-state index contributed by atoms with van der Waals surface area (Å²) < 4.78 is 0. The van der Waals surface area contributed by atoms with Crippen molar-refractivity contribution in [1.82, 2.24) is 19.9 Å². The van der Waals surface area contributed by atoms with Crippen LogP contribution < -0.4 is 15.5 Å². The van der Waals surface area contributed by atoms with E-state index in [2.05, 4.69) is 61.7 Å². The first-order valence-electron chi connectivity index (χ1n) is 12.6. The molecule has 0 saturated carbocycles. The first-order valence-corrected chi connectivity index (χ1v) is 12.6. The van der Waals surface area contributed by atoms with Crippen LogP contribution in [0.1, 0.15) is 36.6 Å². The van der Waals surface area contributed by atoms with Crippen LogP contribution in [0.5, 0.6) is 0 Å². The van der Waals surface area contributed by atoms with Crippen molar-refractivity contribution in [3.05, 3.63) is 59.4 Å². The molecular weight excluding hydrogens is 452 g/mol. The zero-order valence-corrected chi connectivity index (χ0v) is 21.2. The number of pyridine rings is 1. The van der Waals surface area contributed by atoms with Gasteiger partial charge in [-0.1, -0.05) is 13.0 Å². The summed E-state index contributed by atoms with van der Waals surface area (Å²) in [6.45, 7) is 6.22. The molecule has 3 aromatic rings. The number of aromatic nitrogens is 3. The second kappa shape index (κ2) is 10.2. The normalized spacial score (nSPS) is 20.1. The molecule has 0 amide bonds. The van der Waals surface area contributed by atoms with Gasteiger partial charge in [0.25, 0.3) is 0 Å². The molecule has 1 aliphatic carbocycles. The number of likely N-dealkylation sites (N-methyl/N-ethyl adjacent to an activating group) is 1. The van der Waals surface area contributed by atoms with Crippen molar-refractivity contribution in [2.45, 2.75) is 31.8 Å². The number of rotatable bonds is 7. The van der Waals surface area contributed by atoms with Crippen molar-refractivity contribution < 1.29 is 5.11 Å². The first-order chi connectivity index (χ1) is 17.5. The highest BCUT2D eigenvalue weighted by Crippen LogP contribution is 2.38. The summed E-state index contributed by atoms with van der Waals surface area (Å²) in [7, 11) is 3.88. The second-order valence-electron chi connectivity index (χ2n) is 9.56. The fourth-order valence-corrected chi connectivity index (χ4v) is 4.82. The molecule has 9 nitrogen and oxygen atoms in total. The lowest BCUT2D eigenvalue weighted by atomic mass is 9.98. The predicted octanol–water partition coefficient (Wildman–Crippen LogP) is 3.70. The van der Waals surface area contributed by atoms with Gasteiger partial charge in [0.2, 0.25) is 5.95 Å². The number of aryl methyl sites for hydroxylation is 1. The van der Waals surface area contributed by atoms with Crippen LogP contribution in [0.15, 0.2) is 47.6 Å². The van der Waals surface area contributed by atoms with Crippen molar-refractivity contribution in [3.63, 3.8) is 0 Å². The molecule has 0 radical (unpaired) electrons. The van der Waals surface area contributed by atoms with Gasteiger partial charge in [-0.2, -0.15) is 4.98 Å². The Balaban J connectivity index is 1.34. The van der Waals surface area contributed by atoms with Gasteiger partial charge >= 0.3 is 0 Å². The Bertz CT molecular complexity index is 1240. The Hall–Kier alpha value is -3.56. The summed E-state index contributed by atoms with van der Waals surface area (Å²) >= 11 is 0. The van der Waals surface area contributed by atoms with E-state index in [0.29, 0.717) is 30.4 Å². The van der Waals surface area contributed by atoms with Crippen molar-refractivity contribution in [1.29, 1.82) is 0 Å². The summed E-state index contributed by atoms with van der Waals surface area (Å²) in [5.74, 6) is 1.71. The van der Waals surface area contributed by atoms with E-state index in [1.54, 1.807) is 19.5 Å². The SMILES string of the molecule is CCC1(O)CCc2ccc(Nc3nc(Nc4ccc(N5CCN(C)CC5)cc4)ncc3/C=N/C)nc21. The highest BCUT2D eigenvalue weighted by molar-refractivity contribution is 5.87. The lowest BCUT2D eigenvalue weighted by Gasteiger charge is -2.34. The number of hydrogen-bond donors (Lipinski definition) is 3. The Morgan fingerprint density at radius 1 is 1.06 bits per heavy atom. The van der Waals surface area contributed by atoms with E-state index in [1.165, 1.54) is 5.69 Å². The second-order valence-corrected chi connectivity index (χ2v) is 9.56. The molecule has 5 rings (SSSR count). The quantitative estimate of drug-likeness (QED) is 0.435. The monoisotopic (exact) mass is 486 g/mol. The molecule has 1 aliphatic heterocycles. The average Bonchev–Trinajstić information content (AvgIpc) is 3.23. The number of aliphatic imine (C=N–C) groups is 1. The molecular formula is C27H34N8O. The molecule has 9 heteroatoms. The number of hydrogen-bond acceptors (Lipinski definition) is 9. The Morgan fingerprint density at radius 2 is 1.83 bits per heavy atom. The predicted molar refractivity (Wildman–Crippen MR) is 145 cm³/mol. The molecule has 36 heavy (non-hydrogen) atoms. The van der Waals surface area contributed by atoms with Crippen LogP contribution in [0.25, 0.3) is 0 Å². The minimum Gasteiger partial charge on any atom is -0.384 e. The van der Waals surface area contributed by atoms with E-state index in [1.807, 2.05) is 19.1 Å². The topological polar surface area (TPSA) is 102 Å². The molecule has 2 aliphatic rings. The van der Waals surface area contributed by atoms with Gasteiger partial charge < -0.3 is 25.5 Å². The first kappa shape index (κ1) is 24.1. The van der Waals surface area contributed by atoms with Crippen LogP contribution in [-0.4, -0.2) is 71.4 Å². The van der Waals surface area contributed by atoms with E-state index >= 15 is 0 Å². The summed E-state index contributed by atoms with van der Waals surface area (Å²) in [4.78, 5) is 22.8. The maximum atomic E-state index is 11.0. The molecule has 1 saturated heterocycles. The molecule has 1 atom stereocenters.